The molecule has 5 nitrogen and oxygen atoms in total. The number of nitriles is 1. The molecule has 0 radical (unpaired) electrons. The van der Waals surface area contributed by atoms with Crippen LogP contribution in [-0.4, -0.2) is 26.9 Å². The second-order valence-electron chi connectivity index (χ2n) is 17.1. The third kappa shape index (κ3) is 13.3. The lowest BCUT2D eigenvalue weighted by Gasteiger charge is -2.13. The Hall–Kier alpha value is -5.18. The minimum atomic E-state index is -1.22. The fourth-order valence-electron chi connectivity index (χ4n) is 8.32. The van der Waals surface area contributed by atoms with Gasteiger partial charge in [0.1, 0.15) is 23.3 Å². The molecule has 1 aliphatic carbocycles. The van der Waals surface area contributed by atoms with E-state index in [1.165, 1.54) is 99.4 Å². The summed E-state index contributed by atoms with van der Waals surface area (Å²) < 4.78 is 16.2. The van der Waals surface area contributed by atoms with Crippen LogP contribution in [0.25, 0.3) is 44.3 Å². The summed E-state index contributed by atoms with van der Waals surface area (Å²) in [5.74, 6) is -0.389. The molecule has 3 aromatic heterocycles. The van der Waals surface area contributed by atoms with Gasteiger partial charge < -0.3 is 5.11 Å². The summed E-state index contributed by atoms with van der Waals surface area (Å²) >= 11 is 6.81. The number of aromatic nitrogens is 2. The van der Waals surface area contributed by atoms with Crippen molar-refractivity contribution in [3.63, 3.8) is 0 Å². The molecule has 0 spiro atoms. The molecule has 1 unspecified atom stereocenters. The number of carboxylic acids is 1. The third-order valence-corrected chi connectivity index (χ3v) is 16.8. The zero-order valence-electron chi connectivity index (χ0n) is 40.4. The van der Waals surface area contributed by atoms with Gasteiger partial charge in [0.15, 0.2) is 0 Å². The monoisotopic (exact) mass is 981 g/mol. The number of unbranched alkanes of at least 4 members (excludes halogenated alkanes) is 6. The van der Waals surface area contributed by atoms with Crippen molar-refractivity contribution in [2.24, 2.45) is 0 Å². The van der Waals surface area contributed by atoms with Crippen LogP contribution in [0.2, 0.25) is 0 Å². The molecule has 1 aliphatic rings. The Kier molecular flexibility index (Phi) is 19.9. The quantitative estimate of drug-likeness (QED) is 0.0287. The van der Waals surface area contributed by atoms with Crippen molar-refractivity contribution >= 4 is 90.7 Å². The fraction of sp³-hybridized carbons (Fsp3) is 0.328. The molecule has 0 bridgehead atoms. The highest BCUT2D eigenvalue weighted by atomic mass is 32.2. The van der Waals surface area contributed by atoms with Crippen LogP contribution in [0.5, 0.6) is 0 Å². The highest BCUT2D eigenvalue weighted by Crippen LogP contribution is 2.47. The summed E-state index contributed by atoms with van der Waals surface area (Å²) in [7, 11) is 0. The molecule has 0 saturated heterocycles. The zero-order chi connectivity index (χ0) is 48.6. The van der Waals surface area contributed by atoms with E-state index in [9.17, 15) is 19.6 Å². The molecule has 0 saturated carbocycles. The van der Waals surface area contributed by atoms with Gasteiger partial charge in [-0.05, 0) is 146 Å². The average Bonchev–Trinajstić information content (AvgIpc) is 4.02. The van der Waals surface area contributed by atoms with Crippen molar-refractivity contribution < 1.29 is 14.3 Å². The molecule has 5 aromatic rings. The van der Waals surface area contributed by atoms with E-state index in [2.05, 4.69) is 107 Å². The maximum Gasteiger partial charge on any atom is 0.346 e. The summed E-state index contributed by atoms with van der Waals surface area (Å²) in [6.07, 6.45) is 32.6. The van der Waals surface area contributed by atoms with E-state index in [1.807, 2.05) is 53.8 Å². The van der Waals surface area contributed by atoms with Crippen LogP contribution in [-0.2, 0) is 11.2 Å². The minimum Gasteiger partial charge on any atom is -0.477 e. The van der Waals surface area contributed by atoms with E-state index in [1.54, 1.807) is 23.5 Å². The Morgan fingerprint density at radius 3 is 2.46 bits per heavy atom. The lowest BCUT2D eigenvalue weighted by molar-refractivity contribution is -0.132. The van der Waals surface area contributed by atoms with E-state index >= 15 is 0 Å². The molecule has 0 fully saturated rings. The van der Waals surface area contributed by atoms with Crippen LogP contribution in [0.1, 0.15) is 148 Å². The van der Waals surface area contributed by atoms with Crippen molar-refractivity contribution in [1.82, 2.24) is 9.55 Å². The van der Waals surface area contributed by atoms with Crippen molar-refractivity contribution in [1.29, 1.82) is 5.26 Å². The number of imidazole rings is 1. The second-order valence-corrected chi connectivity index (χ2v) is 21.2. The molecular formula is C58H64FN3O2S4. The number of halogens is 1. The van der Waals surface area contributed by atoms with Gasteiger partial charge in [-0.1, -0.05) is 133 Å². The van der Waals surface area contributed by atoms with Crippen LogP contribution in [0.15, 0.2) is 125 Å². The maximum absolute atomic E-state index is 14.1. The topological polar surface area (TPSA) is 78.9 Å². The van der Waals surface area contributed by atoms with Crippen LogP contribution >= 0.6 is 46.2 Å². The lowest BCUT2D eigenvalue weighted by atomic mass is 9.98. The number of para-hydroxylation sites is 2. The highest BCUT2D eigenvalue weighted by Gasteiger charge is 2.21. The fourth-order valence-corrected chi connectivity index (χ4v) is 12.6. The second kappa shape index (κ2) is 26.0. The number of fused-ring (bicyclic) bond motifs is 1. The third-order valence-electron chi connectivity index (χ3n) is 12.2. The van der Waals surface area contributed by atoms with Crippen LogP contribution in [0, 0.1) is 17.1 Å². The van der Waals surface area contributed by atoms with Crippen LogP contribution in [0.3, 0.4) is 0 Å². The number of allylic oxidation sites excluding steroid dienone is 9. The molecule has 0 aliphatic heterocycles. The van der Waals surface area contributed by atoms with E-state index < -0.39 is 5.97 Å². The standard InChI is InChI=1S/C58H64FN3O2S4/c1-8-12-14-16-21-41(56(65-7)42-23-20-24-43(28-27-42)57-61-50-25-18-19-26-51(50)62(57)47-32-30-46(59)31-33-47)29-34-53-44(22-17-15-13-9-2)36-54(68-53)52(11-4)66-40(6)55-49(39(5)10-3)37-48(67-55)35-45(38-60)58(63)64/h11,18-20,23,25-37,39H,6,8-10,12-17,21-22,24H2,1-5,7H3,(H,63,64)/b34-29+,45-35+,52-11-,56-41-. The Balaban J connectivity index is 1.36. The normalized spacial score (nSPS) is 14.2. The van der Waals surface area contributed by atoms with E-state index in [0.29, 0.717) is 6.42 Å². The molecule has 1 N–H and O–H groups in total. The molecule has 1 atom stereocenters. The van der Waals surface area contributed by atoms with Gasteiger partial charge in [-0.25, -0.2) is 14.2 Å². The summed E-state index contributed by atoms with van der Waals surface area (Å²) in [5, 5.41) is 19.0. The molecule has 6 rings (SSSR count). The Morgan fingerprint density at radius 1 is 1.01 bits per heavy atom. The number of nitrogens with zero attached hydrogens (tertiary/aromatic N) is 3. The summed E-state index contributed by atoms with van der Waals surface area (Å²) in [6, 6.07) is 21.0. The van der Waals surface area contributed by atoms with Gasteiger partial charge in [-0.3, -0.25) is 4.57 Å². The summed E-state index contributed by atoms with van der Waals surface area (Å²) in [6.45, 7) is 15.5. The smallest absolute Gasteiger partial charge is 0.346 e. The lowest BCUT2D eigenvalue weighted by Crippen LogP contribution is -2.01. The van der Waals surface area contributed by atoms with Gasteiger partial charge in [-0.15, -0.1) is 34.4 Å². The number of hydrogen-bond donors (Lipinski definition) is 1. The maximum atomic E-state index is 14.1. The first kappa shape index (κ1) is 52.2. The molecule has 0 amide bonds. The van der Waals surface area contributed by atoms with Crippen molar-refractivity contribution in [3.8, 4) is 11.8 Å². The van der Waals surface area contributed by atoms with Crippen molar-refractivity contribution in [2.45, 2.75) is 118 Å². The first-order valence-electron chi connectivity index (χ1n) is 24.0. The number of hydrogen-bond acceptors (Lipinski definition) is 7. The number of aryl methyl sites for hydroxylation is 1. The summed E-state index contributed by atoms with van der Waals surface area (Å²) in [4.78, 5) is 24.4. The van der Waals surface area contributed by atoms with Gasteiger partial charge in [-0.2, -0.15) is 5.26 Å². The van der Waals surface area contributed by atoms with Gasteiger partial charge in [0, 0.05) is 39.9 Å². The van der Waals surface area contributed by atoms with Crippen molar-refractivity contribution in [3.05, 3.63) is 168 Å². The van der Waals surface area contributed by atoms with Crippen LogP contribution < -0.4 is 0 Å². The average molecular weight is 982 g/mol. The Morgan fingerprint density at radius 2 is 1.76 bits per heavy atom. The number of thiophene rings is 2. The molecule has 10 heteroatoms. The van der Waals surface area contributed by atoms with Crippen LogP contribution in [0.4, 0.5) is 4.39 Å². The number of benzene rings is 2. The van der Waals surface area contributed by atoms with E-state index in [0.717, 1.165) is 85.4 Å². The number of thioether (sulfide) groups is 2. The predicted molar refractivity (Wildman–Crippen MR) is 296 cm³/mol. The first-order valence-corrected chi connectivity index (χ1v) is 27.6. The number of rotatable bonds is 24. The molecule has 68 heavy (non-hydrogen) atoms. The number of carboxylic acid groups (broad SMARTS) is 1. The molecule has 354 valence electrons. The van der Waals surface area contributed by atoms with Gasteiger partial charge in [0.2, 0.25) is 0 Å². The first-order chi connectivity index (χ1) is 33.0. The Bertz CT molecular complexity index is 2840. The largest absolute Gasteiger partial charge is 0.477 e. The van der Waals surface area contributed by atoms with Crippen molar-refractivity contribution in [2.75, 3.05) is 6.26 Å². The minimum absolute atomic E-state index is 0.244. The molecule has 3 heterocycles. The molecular weight excluding hydrogens is 918 g/mol. The van der Waals surface area contributed by atoms with E-state index in [-0.39, 0.29) is 17.3 Å². The SMILES string of the molecule is C=C(S/C(=C\C)c1cc(CCCCCC)c(/C=C/C(CCCCCC)=C(\SC)C2=CC=C(c3nc4ccccc4n3-c3ccc(F)cc3)CC=C2)s1)c1sc(/C=C(\C#N)C(=O)O)cc1C(C)CC. The highest BCUT2D eigenvalue weighted by molar-refractivity contribution is 8.16. The molecule has 2 aromatic carbocycles. The zero-order valence-corrected chi connectivity index (χ0v) is 43.6. The van der Waals surface area contributed by atoms with E-state index in [4.69, 9.17) is 4.98 Å². The number of carbonyl (C=O) groups is 1. The van der Waals surface area contributed by atoms with Gasteiger partial charge in [0.25, 0.3) is 0 Å². The number of aliphatic carboxylic acids is 1. The van der Waals surface area contributed by atoms with Gasteiger partial charge >= 0.3 is 5.97 Å². The van der Waals surface area contributed by atoms with Gasteiger partial charge in [0.05, 0.1) is 11.0 Å². The Labute approximate surface area is 420 Å². The predicted octanol–water partition coefficient (Wildman–Crippen LogP) is 18.3. The summed E-state index contributed by atoms with van der Waals surface area (Å²) in [5.41, 5.74) is 8.59.